The normalized spacial score (nSPS) is 37.2. The maximum absolute atomic E-state index is 14.8. The Balaban J connectivity index is 1.48. The van der Waals surface area contributed by atoms with E-state index in [0.29, 0.717) is 16.8 Å². The van der Waals surface area contributed by atoms with Crippen LogP contribution in [0.3, 0.4) is 0 Å². The second-order valence-corrected chi connectivity index (χ2v) is 7.75. The summed E-state index contributed by atoms with van der Waals surface area (Å²) in [4.78, 5) is 19.6. The van der Waals surface area contributed by atoms with Crippen LogP contribution in [-0.4, -0.2) is 41.0 Å². The Hall–Kier alpha value is -1.73. The highest BCUT2D eigenvalue weighted by molar-refractivity contribution is 7.13. The molecule has 1 aromatic heterocycles. The van der Waals surface area contributed by atoms with Crippen LogP contribution in [0, 0.1) is 5.92 Å². The lowest BCUT2D eigenvalue weighted by atomic mass is 9.79. The van der Waals surface area contributed by atoms with Gasteiger partial charge in [0.15, 0.2) is 5.01 Å². The van der Waals surface area contributed by atoms with E-state index in [4.69, 9.17) is 0 Å². The number of halogens is 1. The van der Waals surface area contributed by atoms with Crippen molar-refractivity contribution in [3.8, 4) is 0 Å². The number of nitrogens with zero attached hydrogens (tertiary/aromatic N) is 2. The molecule has 24 heavy (non-hydrogen) atoms. The molecule has 0 radical (unpaired) electrons. The maximum atomic E-state index is 14.8. The van der Waals surface area contributed by atoms with E-state index < -0.39 is 5.79 Å². The van der Waals surface area contributed by atoms with Crippen molar-refractivity contribution in [1.82, 2.24) is 20.5 Å². The highest BCUT2D eigenvalue weighted by Crippen LogP contribution is 2.33. The van der Waals surface area contributed by atoms with Gasteiger partial charge in [-0.15, -0.1) is 11.3 Å². The third kappa shape index (κ3) is 2.65. The second-order valence-electron chi connectivity index (χ2n) is 6.72. The number of allylic oxidation sites excluding steroid dienone is 2. The summed E-state index contributed by atoms with van der Waals surface area (Å²) in [5, 5.41) is 6.06. The molecule has 3 fully saturated rings. The van der Waals surface area contributed by atoms with Crippen LogP contribution in [-0.2, 0) is 5.79 Å². The van der Waals surface area contributed by atoms with Gasteiger partial charge in [-0.1, -0.05) is 6.08 Å². The summed E-state index contributed by atoms with van der Waals surface area (Å²) in [6.07, 6.45) is 10.0. The third-order valence-corrected chi connectivity index (χ3v) is 6.45. The van der Waals surface area contributed by atoms with Gasteiger partial charge in [0.05, 0.1) is 6.20 Å². The van der Waals surface area contributed by atoms with E-state index in [1.165, 1.54) is 18.5 Å². The number of thiazole rings is 1. The van der Waals surface area contributed by atoms with Crippen LogP contribution in [0.15, 0.2) is 30.6 Å². The number of hydrogen-bond donors (Lipinski definition) is 2. The van der Waals surface area contributed by atoms with Crippen molar-refractivity contribution in [2.45, 2.75) is 37.6 Å². The average molecular weight is 348 g/mol. The first kappa shape index (κ1) is 15.8. The standard InChI is InChI=1S/C17H21FN4OS/c1-11-14(12-4-8-22(11)9-5-12)21-15(23)13-10-19-16(24-13)17(18)6-2-3-7-20-17/h2-3,6-7,10-12,14,20H,4-5,8-9H2,1H3,(H,21,23)/t11-,14-,17?/m0/s1. The fourth-order valence-electron chi connectivity index (χ4n) is 3.91. The van der Waals surface area contributed by atoms with Gasteiger partial charge in [-0.05, 0) is 57.1 Å². The van der Waals surface area contributed by atoms with Crippen LogP contribution >= 0.6 is 11.3 Å². The van der Waals surface area contributed by atoms with Crippen LogP contribution in [0.4, 0.5) is 4.39 Å². The van der Waals surface area contributed by atoms with E-state index in [2.05, 4.69) is 27.4 Å². The zero-order valence-electron chi connectivity index (χ0n) is 13.5. The van der Waals surface area contributed by atoms with Crippen molar-refractivity contribution >= 4 is 17.2 Å². The van der Waals surface area contributed by atoms with Gasteiger partial charge in [-0.2, -0.15) is 0 Å². The Kier molecular flexibility index (Phi) is 3.92. The minimum absolute atomic E-state index is 0.150. The summed E-state index contributed by atoms with van der Waals surface area (Å²) in [7, 11) is 0. The van der Waals surface area contributed by atoms with Crippen molar-refractivity contribution in [3.05, 3.63) is 40.5 Å². The molecule has 1 unspecified atom stereocenters. The molecule has 5 heterocycles. The Morgan fingerprint density at radius 2 is 2.25 bits per heavy atom. The molecule has 3 saturated heterocycles. The molecular weight excluding hydrogens is 327 g/mol. The Labute approximate surface area is 144 Å². The molecule has 0 aliphatic carbocycles. The molecule has 0 saturated carbocycles. The Bertz CT molecular complexity index is 693. The predicted molar refractivity (Wildman–Crippen MR) is 91.3 cm³/mol. The van der Waals surface area contributed by atoms with Gasteiger partial charge in [0.25, 0.3) is 11.7 Å². The molecule has 4 aliphatic heterocycles. The van der Waals surface area contributed by atoms with Crippen molar-refractivity contribution < 1.29 is 9.18 Å². The fourth-order valence-corrected chi connectivity index (χ4v) is 4.76. The number of carbonyl (C=O) groups is 1. The van der Waals surface area contributed by atoms with Crippen molar-refractivity contribution in [2.24, 2.45) is 5.92 Å². The Morgan fingerprint density at radius 3 is 2.92 bits per heavy atom. The van der Waals surface area contributed by atoms with Crippen LogP contribution in [0.2, 0.25) is 0 Å². The van der Waals surface area contributed by atoms with Gasteiger partial charge in [0.1, 0.15) is 4.88 Å². The van der Waals surface area contributed by atoms with Gasteiger partial charge < -0.3 is 10.6 Å². The zero-order chi connectivity index (χ0) is 16.7. The van der Waals surface area contributed by atoms with Crippen LogP contribution in [0.1, 0.15) is 34.4 Å². The molecule has 5 rings (SSSR count). The lowest BCUT2D eigenvalue weighted by molar-refractivity contribution is 0.0218. The summed E-state index contributed by atoms with van der Waals surface area (Å²) in [5.74, 6) is -1.44. The molecule has 1 aromatic rings. The average Bonchev–Trinajstić information content (AvgIpc) is 3.10. The molecule has 128 valence electrons. The highest BCUT2D eigenvalue weighted by atomic mass is 32.1. The molecule has 1 amide bonds. The van der Waals surface area contributed by atoms with E-state index in [0.717, 1.165) is 37.3 Å². The first-order valence-corrected chi connectivity index (χ1v) is 9.21. The van der Waals surface area contributed by atoms with E-state index in [1.807, 2.05) is 0 Å². The summed E-state index contributed by atoms with van der Waals surface area (Å²) >= 11 is 1.10. The molecule has 5 nitrogen and oxygen atoms in total. The summed E-state index contributed by atoms with van der Waals surface area (Å²) in [6, 6.07) is 0.523. The Morgan fingerprint density at radius 1 is 1.46 bits per heavy atom. The molecule has 0 aromatic carbocycles. The molecule has 2 N–H and O–H groups in total. The number of carbonyl (C=O) groups excluding carboxylic acids is 1. The summed E-state index contributed by atoms with van der Waals surface area (Å²) < 4.78 is 14.8. The number of fused-ring (bicyclic) bond motifs is 3. The summed E-state index contributed by atoms with van der Waals surface area (Å²) in [5.41, 5.74) is 0. The van der Waals surface area contributed by atoms with Gasteiger partial charge in [-0.25, -0.2) is 9.37 Å². The maximum Gasteiger partial charge on any atom is 0.263 e. The number of aromatic nitrogens is 1. The van der Waals surface area contributed by atoms with E-state index in [9.17, 15) is 9.18 Å². The van der Waals surface area contributed by atoms with Gasteiger partial charge >= 0.3 is 0 Å². The SMILES string of the molecule is C[C@H]1[C@H](NC(=O)c2cnc(C3(F)C=CC=CN3)s2)C2CCN1CC2. The van der Waals surface area contributed by atoms with E-state index >= 15 is 0 Å². The number of alkyl halides is 1. The number of amides is 1. The summed E-state index contributed by atoms with van der Waals surface area (Å²) in [6.45, 7) is 4.42. The second kappa shape index (κ2) is 5.97. The number of piperidine rings is 3. The third-order valence-electron chi connectivity index (χ3n) is 5.34. The highest BCUT2D eigenvalue weighted by Gasteiger charge is 2.41. The van der Waals surface area contributed by atoms with Crippen LogP contribution < -0.4 is 10.6 Å². The first-order valence-electron chi connectivity index (χ1n) is 8.39. The first-order chi connectivity index (χ1) is 11.6. The minimum atomic E-state index is -1.83. The molecule has 3 atom stereocenters. The number of hydrogen-bond acceptors (Lipinski definition) is 5. The lowest BCUT2D eigenvalue weighted by Gasteiger charge is -2.49. The fraction of sp³-hybridized carbons (Fsp3) is 0.529. The van der Waals surface area contributed by atoms with Gasteiger partial charge in [0, 0.05) is 12.1 Å². The predicted octanol–water partition coefficient (Wildman–Crippen LogP) is 2.15. The van der Waals surface area contributed by atoms with Crippen molar-refractivity contribution in [2.75, 3.05) is 13.1 Å². The quantitative estimate of drug-likeness (QED) is 0.822. The lowest BCUT2D eigenvalue weighted by Crippen LogP contribution is -2.62. The monoisotopic (exact) mass is 348 g/mol. The topological polar surface area (TPSA) is 57.3 Å². The number of rotatable bonds is 3. The molecular formula is C17H21FN4OS. The van der Waals surface area contributed by atoms with Crippen molar-refractivity contribution in [3.63, 3.8) is 0 Å². The van der Waals surface area contributed by atoms with Crippen molar-refractivity contribution in [1.29, 1.82) is 0 Å². The largest absolute Gasteiger partial charge is 0.351 e. The van der Waals surface area contributed by atoms with Gasteiger partial charge in [0.2, 0.25) is 0 Å². The van der Waals surface area contributed by atoms with Crippen LogP contribution in [0.5, 0.6) is 0 Å². The minimum Gasteiger partial charge on any atom is -0.351 e. The molecule has 4 aliphatic rings. The molecule has 7 heteroatoms. The number of nitrogens with one attached hydrogen (secondary N) is 2. The molecule has 2 bridgehead atoms. The van der Waals surface area contributed by atoms with Gasteiger partial charge in [-0.3, -0.25) is 9.69 Å². The van der Waals surface area contributed by atoms with E-state index in [1.54, 1.807) is 12.2 Å². The van der Waals surface area contributed by atoms with E-state index in [-0.39, 0.29) is 17.0 Å². The van der Waals surface area contributed by atoms with Crippen LogP contribution in [0.25, 0.3) is 0 Å². The molecule has 0 spiro atoms. The smallest absolute Gasteiger partial charge is 0.263 e. The zero-order valence-corrected chi connectivity index (χ0v) is 14.4. The number of dihydropyridines is 1.